The Labute approximate surface area is 63.3 Å². The second-order valence-electron chi connectivity index (χ2n) is 2.53. The molecule has 0 saturated carbocycles. The number of hydrogen-bond acceptors (Lipinski definition) is 3. The zero-order valence-corrected chi connectivity index (χ0v) is 7.72. The van der Waals surface area contributed by atoms with E-state index in [0.29, 0.717) is 0 Å². The molecule has 0 unspecified atom stereocenters. The second kappa shape index (κ2) is 5.03. The van der Waals surface area contributed by atoms with Crippen LogP contribution in [0, 0.1) is 0 Å². The summed E-state index contributed by atoms with van der Waals surface area (Å²) in [6.45, 7) is 7.27. The van der Waals surface area contributed by atoms with Gasteiger partial charge in [0.05, 0.1) is 20.8 Å². The zero-order valence-electron chi connectivity index (χ0n) is 6.83. The van der Waals surface area contributed by atoms with Crippen molar-refractivity contribution in [2.45, 2.75) is 39.9 Å². The van der Waals surface area contributed by atoms with E-state index >= 15 is 0 Å². The largest absolute Gasteiger partial charge is 0.786 e. The molecule has 62 valence electrons. The first-order chi connectivity index (χ1) is 4.52. The van der Waals surface area contributed by atoms with Crippen molar-refractivity contribution in [2.75, 3.05) is 0 Å². The Kier molecular flexibility index (Phi) is 5.18. The van der Waals surface area contributed by atoms with Crippen molar-refractivity contribution in [3.8, 4) is 0 Å². The van der Waals surface area contributed by atoms with Gasteiger partial charge in [-0.2, -0.15) is 0 Å². The first-order valence-electron chi connectivity index (χ1n) is 3.33. The lowest BCUT2D eigenvalue weighted by Gasteiger charge is -2.25. The fourth-order valence-corrected chi connectivity index (χ4v) is 1.11. The Bertz CT molecular complexity index is 75.1. The number of rotatable bonds is 4. The fourth-order valence-electron chi connectivity index (χ4n) is 0.369. The van der Waals surface area contributed by atoms with Gasteiger partial charge < -0.3 is 13.9 Å². The lowest BCUT2D eigenvalue weighted by Crippen LogP contribution is -2.11. The predicted octanol–water partition coefficient (Wildman–Crippen LogP) is 1.42. The lowest BCUT2D eigenvalue weighted by molar-refractivity contribution is -0.209. The van der Waals surface area contributed by atoms with Crippen LogP contribution in [0.4, 0.5) is 0 Å². The molecule has 0 aromatic rings. The summed E-state index contributed by atoms with van der Waals surface area (Å²) in [7, 11) is -1.91. The fraction of sp³-hybridized carbons (Fsp3) is 1.00. The maximum Gasteiger partial charge on any atom is 0.0836 e. The number of hydrogen-bond donors (Lipinski definition) is 0. The molecule has 0 radical (unpaired) electrons. The third-order valence-electron chi connectivity index (χ3n) is 0.594. The van der Waals surface area contributed by atoms with Crippen LogP contribution in [0.15, 0.2) is 0 Å². The molecule has 0 aromatic carbocycles. The molecule has 0 amide bonds. The topological polar surface area (TPSA) is 41.5 Å². The minimum Gasteiger partial charge on any atom is -0.786 e. The predicted molar refractivity (Wildman–Crippen MR) is 39.4 cm³/mol. The molecule has 0 heterocycles. The van der Waals surface area contributed by atoms with E-state index in [1.54, 1.807) is 0 Å². The van der Waals surface area contributed by atoms with E-state index < -0.39 is 8.60 Å². The van der Waals surface area contributed by atoms with Crippen LogP contribution in [0.2, 0.25) is 0 Å². The Hall–Kier alpha value is 0.310. The summed E-state index contributed by atoms with van der Waals surface area (Å²) in [6, 6.07) is 0. The average molecular weight is 165 g/mol. The molecule has 4 heteroatoms. The first kappa shape index (κ1) is 10.3. The molecule has 0 bridgehead atoms. The highest BCUT2D eigenvalue weighted by molar-refractivity contribution is 7.39. The van der Waals surface area contributed by atoms with E-state index in [0.717, 1.165) is 0 Å². The van der Waals surface area contributed by atoms with Crippen molar-refractivity contribution in [2.24, 2.45) is 0 Å². The van der Waals surface area contributed by atoms with Gasteiger partial charge in [-0.3, -0.25) is 0 Å². The molecule has 0 spiro atoms. The van der Waals surface area contributed by atoms with E-state index in [2.05, 4.69) is 0 Å². The third kappa shape index (κ3) is 6.43. The highest BCUT2D eigenvalue weighted by atomic mass is 31.2. The van der Waals surface area contributed by atoms with Crippen LogP contribution in [0.25, 0.3) is 0 Å². The van der Waals surface area contributed by atoms with Crippen molar-refractivity contribution in [3.63, 3.8) is 0 Å². The highest BCUT2D eigenvalue weighted by Gasteiger charge is 2.00. The first-order valence-corrected chi connectivity index (χ1v) is 4.42. The summed E-state index contributed by atoms with van der Waals surface area (Å²) in [4.78, 5) is 10.8. The summed E-state index contributed by atoms with van der Waals surface area (Å²) in [6.07, 6.45) is -0.0790. The molecule has 0 aliphatic rings. The van der Waals surface area contributed by atoms with Gasteiger partial charge in [0.15, 0.2) is 0 Å². The van der Waals surface area contributed by atoms with Gasteiger partial charge in [-0.25, -0.2) is 0 Å². The van der Waals surface area contributed by atoms with Crippen molar-refractivity contribution in [3.05, 3.63) is 0 Å². The minimum absolute atomic E-state index is 0.0395. The molecular formula is C6H14O3P-. The van der Waals surface area contributed by atoms with Gasteiger partial charge in [-0.05, 0) is 27.7 Å². The van der Waals surface area contributed by atoms with Crippen molar-refractivity contribution < 1.29 is 13.9 Å². The Morgan fingerprint density at radius 1 is 1.00 bits per heavy atom. The summed E-state index contributed by atoms with van der Waals surface area (Å²) in [5, 5.41) is 0. The van der Waals surface area contributed by atoms with E-state index in [-0.39, 0.29) is 12.2 Å². The van der Waals surface area contributed by atoms with Crippen LogP contribution < -0.4 is 4.89 Å². The van der Waals surface area contributed by atoms with Crippen molar-refractivity contribution in [1.29, 1.82) is 0 Å². The van der Waals surface area contributed by atoms with Gasteiger partial charge in [0.1, 0.15) is 0 Å². The van der Waals surface area contributed by atoms with E-state index in [1.165, 1.54) is 0 Å². The molecule has 10 heavy (non-hydrogen) atoms. The normalized spacial score (nSPS) is 12.0. The van der Waals surface area contributed by atoms with Crippen LogP contribution >= 0.6 is 8.60 Å². The monoisotopic (exact) mass is 165 g/mol. The standard InChI is InChI=1S/C6H14O3P/c1-5(2)8-10(7)9-6(3)4/h5-6H,1-4H3/q-1. The van der Waals surface area contributed by atoms with Crippen LogP contribution in [-0.4, -0.2) is 12.2 Å². The Morgan fingerprint density at radius 3 is 1.50 bits per heavy atom. The minimum atomic E-state index is -1.91. The highest BCUT2D eigenvalue weighted by Crippen LogP contribution is 2.30. The molecule has 0 atom stereocenters. The molecule has 0 aromatic heterocycles. The Balaban J connectivity index is 3.34. The third-order valence-corrected chi connectivity index (χ3v) is 1.78. The van der Waals surface area contributed by atoms with E-state index in [4.69, 9.17) is 9.05 Å². The van der Waals surface area contributed by atoms with Crippen LogP contribution in [0.5, 0.6) is 0 Å². The van der Waals surface area contributed by atoms with Crippen molar-refractivity contribution in [1.82, 2.24) is 0 Å². The second-order valence-corrected chi connectivity index (χ2v) is 3.40. The maximum absolute atomic E-state index is 10.8. The van der Waals surface area contributed by atoms with Crippen LogP contribution in [0.1, 0.15) is 27.7 Å². The Morgan fingerprint density at radius 2 is 1.30 bits per heavy atom. The summed E-state index contributed by atoms with van der Waals surface area (Å²) >= 11 is 0. The van der Waals surface area contributed by atoms with Crippen molar-refractivity contribution >= 4 is 8.60 Å². The molecule has 0 rings (SSSR count). The molecule has 0 aliphatic carbocycles. The summed E-state index contributed by atoms with van der Waals surface area (Å²) in [5.41, 5.74) is 0. The molecule has 0 aliphatic heterocycles. The van der Waals surface area contributed by atoms with Gasteiger partial charge in [0.2, 0.25) is 0 Å². The molecule has 0 saturated heterocycles. The van der Waals surface area contributed by atoms with E-state index in [9.17, 15) is 4.89 Å². The average Bonchev–Trinajstić information content (AvgIpc) is 1.58. The maximum atomic E-state index is 10.8. The smallest absolute Gasteiger partial charge is 0.0836 e. The summed E-state index contributed by atoms with van der Waals surface area (Å²) in [5.74, 6) is 0. The summed E-state index contributed by atoms with van der Waals surface area (Å²) < 4.78 is 9.70. The molecule has 0 fully saturated rings. The molecule has 3 nitrogen and oxygen atoms in total. The molecular weight excluding hydrogens is 151 g/mol. The van der Waals surface area contributed by atoms with Gasteiger partial charge in [0, 0.05) is 0 Å². The van der Waals surface area contributed by atoms with E-state index in [1.807, 2.05) is 27.7 Å². The lowest BCUT2D eigenvalue weighted by atomic mass is 10.5. The quantitative estimate of drug-likeness (QED) is 0.591. The SMILES string of the molecule is CC(C)OP([O-])OC(C)C. The molecule has 0 N–H and O–H groups in total. The van der Waals surface area contributed by atoms with Gasteiger partial charge >= 0.3 is 0 Å². The van der Waals surface area contributed by atoms with Gasteiger partial charge in [-0.15, -0.1) is 0 Å². The zero-order chi connectivity index (χ0) is 8.15. The van der Waals surface area contributed by atoms with Crippen LogP contribution in [-0.2, 0) is 9.05 Å². The van der Waals surface area contributed by atoms with Crippen LogP contribution in [0.3, 0.4) is 0 Å². The van der Waals surface area contributed by atoms with Gasteiger partial charge in [-0.1, -0.05) is 0 Å². The van der Waals surface area contributed by atoms with Gasteiger partial charge in [0.25, 0.3) is 0 Å².